The second-order valence-corrected chi connectivity index (χ2v) is 9.13. The van der Waals surface area contributed by atoms with Gasteiger partial charge in [0.15, 0.2) is 0 Å². The molecule has 1 fully saturated rings. The minimum Gasteiger partial charge on any atom is -0.355 e. The average Bonchev–Trinajstić information content (AvgIpc) is 2.79. The van der Waals surface area contributed by atoms with Gasteiger partial charge < -0.3 is 10.6 Å². The van der Waals surface area contributed by atoms with Crippen LogP contribution in [0.15, 0.2) is 59.8 Å². The SMILES string of the molecule is O=C(CCNC(=O)C1CCCN(S(=O)(=O)c2ccccc2)C1)NCc1cccnc1. The van der Waals surface area contributed by atoms with E-state index in [1.54, 1.807) is 48.8 Å². The Hall–Kier alpha value is -2.78. The molecule has 30 heavy (non-hydrogen) atoms. The number of hydrogen-bond acceptors (Lipinski definition) is 5. The molecule has 0 saturated carbocycles. The molecule has 0 spiro atoms. The summed E-state index contributed by atoms with van der Waals surface area (Å²) in [6, 6.07) is 11.9. The van der Waals surface area contributed by atoms with Gasteiger partial charge >= 0.3 is 0 Å². The van der Waals surface area contributed by atoms with Gasteiger partial charge in [-0.15, -0.1) is 0 Å². The number of carbonyl (C=O) groups is 2. The molecule has 0 bridgehead atoms. The van der Waals surface area contributed by atoms with Crippen LogP contribution < -0.4 is 10.6 Å². The first-order chi connectivity index (χ1) is 14.5. The summed E-state index contributed by atoms with van der Waals surface area (Å²) >= 11 is 0. The minimum atomic E-state index is -3.61. The molecule has 0 radical (unpaired) electrons. The molecule has 1 aromatic carbocycles. The third kappa shape index (κ3) is 5.87. The molecule has 1 aromatic heterocycles. The van der Waals surface area contributed by atoms with Crippen LogP contribution in [0.3, 0.4) is 0 Å². The van der Waals surface area contributed by atoms with Crippen LogP contribution in [0, 0.1) is 5.92 Å². The Kier molecular flexibility index (Phi) is 7.53. The summed E-state index contributed by atoms with van der Waals surface area (Å²) in [4.78, 5) is 28.7. The Morgan fingerprint density at radius 1 is 1.10 bits per heavy atom. The predicted molar refractivity (Wildman–Crippen MR) is 112 cm³/mol. The van der Waals surface area contributed by atoms with Crippen LogP contribution in [0.2, 0.25) is 0 Å². The number of nitrogens with one attached hydrogen (secondary N) is 2. The molecular weight excluding hydrogens is 404 g/mol. The number of sulfonamides is 1. The highest BCUT2D eigenvalue weighted by atomic mass is 32.2. The molecule has 8 nitrogen and oxygen atoms in total. The van der Waals surface area contributed by atoms with Crippen molar-refractivity contribution < 1.29 is 18.0 Å². The summed E-state index contributed by atoms with van der Waals surface area (Å²) in [5.41, 5.74) is 0.900. The fourth-order valence-corrected chi connectivity index (χ4v) is 4.90. The van der Waals surface area contributed by atoms with Gasteiger partial charge in [-0.3, -0.25) is 14.6 Å². The van der Waals surface area contributed by atoms with Crippen LogP contribution >= 0.6 is 0 Å². The first-order valence-electron chi connectivity index (χ1n) is 9.95. The largest absolute Gasteiger partial charge is 0.355 e. The van der Waals surface area contributed by atoms with Crippen molar-refractivity contribution in [3.05, 3.63) is 60.4 Å². The summed E-state index contributed by atoms with van der Waals surface area (Å²) in [5.74, 6) is -0.810. The van der Waals surface area contributed by atoms with E-state index in [0.717, 1.165) is 5.56 Å². The number of pyridine rings is 1. The zero-order valence-electron chi connectivity index (χ0n) is 16.7. The van der Waals surface area contributed by atoms with Crippen LogP contribution in [0.1, 0.15) is 24.8 Å². The molecule has 2 N–H and O–H groups in total. The zero-order valence-corrected chi connectivity index (χ0v) is 17.5. The standard InChI is InChI=1S/C21H26N4O4S/c26-20(24-15-17-6-4-11-22-14-17)10-12-23-21(27)18-7-5-13-25(16-18)30(28,29)19-8-2-1-3-9-19/h1-4,6,8-9,11,14,18H,5,7,10,12-13,15-16H2,(H,23,27)(H,24,26). The van der Waals surface area contributed by atoms with Crippen molar-refractivity contribution in [3.63, 3.8) is 0 Å². The molecule has 2 aromatic rings. The summed E-state index contributed by atoms with van der Waals surface area (Å²) < 4.78 is 26.9. The van der Waals surface area contributed by atoms with E-state index in [4.69, 9.17) is 0 Å². The quantitative estimate of drug-likeness (QED) is 0.656. The molecule has 1 saturated heterocycles. The number of piperidine rings is 1. The maximum atomic E-state index is 12.8. The fourth-order valence-electron chi connectivity index (χ4n) is 3.35. The van der Waals surface area contributed by atoms with Gasteiger partial charge in [0, 0.05) is 45.0 Å². The van der Waals surface area contributed by atoms with Gasteiger partial charge in [-0.2, -0.15) is 4.31 Å². The first kappa shape index (κ1) is 21.9. The third-order valence-corrected chi connectivity index (χ3v) is 6.88. The predicted octanol–water partition coefficient (Wildman–Crippen LogP) is 1.31. The second-order valence-electron chi connectivity index (χ2n) is 7.19. The molecule has 9 heteroatoms. The Balaban J connectivity index is 1.44. The molecule has 3 rings (SSSR count). The van der Waals surface area contributed by atoms with E-state index in [9.17, 15) is 18.0 Å². The molecule has 1 aliphatic heterocycles. The van der Waals surface area contributed by atoms with E-state index in [0.29, 0.717) is 25.9 Å². The van der Waals surface area contributed by atoms with Crippen molar-refractivity contribution in [2.24, 2.45) is 5.92 Å². The van der Waals surface area contributed by atoms with Crippen LogP contribution in [-0.2, 0) is 26.2 Å². The van der Waals surface area contributed by atoms with Gasteiger partial charge in [0.2, 0.25) is 21.8 Å². The van der Waals surface area contributed by atoms with Crippen molar-refractivity contribution in [1.29, 1.82) is 0 Å². The van der Waals surface area contributed by atoms with Gasteiger partial charge in [0.05, 0.1) is 10.8 Å². The lowest BCUT2D eigenvalue weighted by Crippen LogP contribution is -2.45. The molecular formula is C21H26N4O4S. The molecule has 1 aliphatic rings. The van der Waals surface area contributed by atoms with Gasteiger partial charge in [0.25, 0.3) is 0 Å². The minimum absolute atomic E-state index is 0.149. The number of nitrogens with zero attached hydrogens (tertiary/aromatic N) is 2. The van der Waals surface area contributed by atoms with Gasteiger partial charge in [-0.05, 0) is 36.6 Å². The lowest BCUT2D eigenvalue weighted by atomic mass is 9.99. The maximum absolute atomic E-state index is 12.8. The molecule has 1 atom stereocenters. The maximum Gasteiger partial charge on any atom is 0.243 e. The number of amides is 2. The monoisotopic (exact) mass is 430 g/mol. The van der Waals surface area contributed by atoms with E-state index in [2.05, 4.69) is 15.6 Å². The molecule has 1 unspecified atom stereocenters. The van der Waals surface area contributed by atoms with Crippen LogP contribution in [0.5, 0.6) is 0 Å². The summed E-state index contributed by atoms with van der Waals surface area (Å²) in [7, 11) is -3.61. The Bertz CT molecular complexity index is 951. The lowest BCUT2D eigenvalue weighted by molar-refractivity contribution is -0.126. The number of hydrogen-bond donors (Lipinski definition) is 2. The normalized spacial score (nSPS) is 17.3. The van der Waals surface area contributed by atoms with E-state index < -0.39 is 15.9 Å². The number of aromatic nitrogens is 1. The van der Waals surface area contributed by atoms with Crippen molar-refractivity contribution in [2.45, 2.75) is 30.7 Å². The number of benzene rings is 1. The lowest BCUT2D eigenvalue weighted by Gasteiger charge is -2.31. The molecule has 2 heterocycles. The Labute approximate surface area is 176 Å². The van der Waals surface area contributed by atoms with Crippen molar-refractivity contribution in [1.82, 2.24) is 19.9 Å². The highest BCUT2D eigenvalue weighted by molar-refractivity contribution is 7.89. The second kappa shape index (κ2) is 10.3. The highest BCUT2D eigenvalue weighted by Gasteiger charge is 2.33. The topological polar surface area (TPSA) is 108 Å². The van der Waals surface area contributed by atoms with Crippen LogP contribution in [0.4, 0.5) is 0 Å². The van der Waals surface area contributed by atoms with Crippen molar-refractivity contribution in [2.75, 3.05) is 19.6 Å². The van der Waals surface area contributed by atoms with Gasteiger partial charge in [0.1, 0.15) is 0 Å². The summed E-state index contributed by atoms with van der Waals surface area (Å²) in [5, 5.41) is 5.54. The van der Waals surface area contributed by atoms with Gasteiger partial charge in [-0.1, -0.05) is 24.3 Å². The Morgan fingerprint density at radius 3 is 2.63 bits per heavy atom. The number of rotatable bonds is 8. The van der Waals surface area contributed by atoms with E-state index in [-0.39, 0.29) is 36.2 Å². The summed E-state index contributed by atoms with van der Waals surface area (Å²) in [6.07, 6.45) is 4.75. The number of carbonyl (C=O) groups excluding carboxylic acids is 2. The van der Waals surface area contributed by atoms with Crippen molar-refractivity contribution >= 4 is 21.8 Å². The van der Waals surface area contributed by atoms with E-state index in [1.165, 1.54) is 4.31 Å². The molecule has 0 aliphatic carbocycles. The third-order valence-electron chi connectivity index (χ3n) is 5.00. The van der Waals surface area contributed by atoms with Crippen LogP contribution in [-0.4, -0.2) is 49.2 Å². The van der Waals surface area contributed by atoms with Crippen LogP contribution in [0.25, 0.3) is 0 Å². The van der Waals surface area contributed by atoms with E-state index >= 15 is 0 Å². The average molecular weight is 431 g/mol. The molecule has 2 amide bonds. The van der Waals surface area contributed by atoms with Gasteiger partial charge in [-0.25, -0.2) is 8.42 Å². The van der Waals surface area contributed by atoms with E-state index in [1.807, 2.05) is 6.07 Å². The smallest absolute Gasteiger partial charge is 0.243 e. The van der Waals surface area contributed by atoms with Crippen molar-refractivity contribution in [3.8, 4) is 0 Å². The molecule has 160 valence electrons. The zero-order chi connectivity index (χ0) is 21.4. The highest BCUT2D eigenvalue weighted by Crippen LogP contribution is 2.23. The first-order valence-corrected chi connectivity index (χ1v) is 11.4. The summed E-state index contributed by atoms with van der Waals surface area (Å²) in [6.45, 7) is 1.14. The Morgan fingerprint density at radius 2 is 1.90 bits per heavy atom. The fraction of sp³-hybridized carbons (Fsp3) is 0.381.